The van der Waals surface area contributed by atoms with Gasteiger partial charge in [-0.15, -0.1) is 0 Å². The number of benzene rings is 1. The molecule has 1 aromatic heterocycles. The van der Waals surface area contributed by atoms with Crippen molar-refractivity contribution in [3.05, 3.63) is 53.1 Å². The molecule has 0 atom stereocenters. The molecule has 0 N–H and O–H groups in total. The Morgan fingerprint density at radius 1 is 1.09 bits per heavy atom. The SMILES string of the molecule is CCN(Cc1cc(F)cc(C(F)(F)F)c1)Cc1cnn(CC)c1. The molecule has 1 aromatic carbocycles. The lowest BCUT2D eigenvalue weighted by Gasteiger charge is -2.20. The lowest BCUT2D eigenvalue weighted by Crippen LogP contribution is -2.22. The Bertz CT molecular complexity index is 649. The molecule has 0 aliphatic heterocycles. The molecule has 0 bridgehead atoms. The molecule has 0 radical (unpaired) electrons. The second kappa shape index (κ2) is 7.12. The molecule has 0 aliphatic carbocycles. The van der Waals surface area contributed by atoms with Gasteiger partial charge in [-0.25, -0.2) is 4.39 Å². The predicted molar refractivity (Wildman–Crippen MR) is 79.1 cm³/mol. The summed E-state index contributed by atoms with van der Waals surface area (Å²) in [6, 6.07) is 2.67. The molecule has 23 heavy (non-hydrogen) atoms. The molecule has 0 unspecified atom stereocenters. The Balaban J connectivity index is 2.13. The van der Waals surface area contributed by atoms with Gasteiger partial charge in [0.15, 0.2) is 0 Å². The van der Waals surface area contributed by atoms with Crippen molar-refractivity contribution in [1.29, 1.82) is 0 Å². The molecule has 0 saturated carbocycles. The van der Waals surface area contributed by atoms with Crippen LogP contribution in [0.1, 0.15) is 30.5 Å². The van der Waals surface area contributed by atoms with Gasteiger partial charge in [0.05, 0.1) is 11.8 Å². The van der Waals surface area contributed by atoms with E-state index in [0.717, 1.165) is 24.2 Å². The standard InChI is InChI=1S/C16H19F4N3/c1-3-22(10-13-8-21-23(4-2)11-13)9-12-5-14(16(18,19)20)7-15(17)6-12/h5-8,11H,3-4,9-10H2,1-2H3. The summed E-state index contributed by atoms with van der Waals surface area (Å²) in [6.45, 7) is 6.07. The fraction of sp³-hybridized carbons (Fsp3) is 0.438. The summed E-state index contributed by atoms with van der Waals surface area (Å²) in [5, 5.41) is 4.17. The van der Waals surface area contributed by atoms with Gasteiger partial charge in [0, 0.05) is 31.4 Å². The Kier molecular flexibility index (Phi) is 5.41. The first kappa shape index (κ1) is 17.5. The first-order valence-corrected chi connectivity index (χ1v) is 7.42. The quantitative estimate of drug-likeness (QED) is 0.745. The smallest absolute Gasteiger partial charge is 0.295 e. The highest BCUT2D eigenvalue weighted by molar-refractivity contribution is 5.27. The van der Waals surface area contributed by atoms with Crippen molar-refractivity contribution in [2.24, 2.45) is 0 Å². The Morgan fingerprint density at radius 2 is 1.78 bits per heavy atom. The molecule has 3 nitrogen and oxygen atoms in total. The maximum absolute atomic E-state index is 13.5. The van der Waals surface area contributed by atoms with Gasteiger partial charge in [0.1, 0.15) is 5.82 Å². The number of nitrogens with zero attached hydrogens (tertiary/aromatic N) is 3. The van der Waals surface area contributed by atoms with Crippen molar-refractivity contribution in [1.82, 2.24) is 14.7 Å². The van der Waals surface area contributed by atoms with Crippen LogP contribution >= 0.6 is 0 Å². The summed E-state index contributed by atoms with van der Waals surface area (Å²) < 4.78 is 53.5. The number of rotatable bonds is 6. The van der Waals surface area contributed by atoms with E-state index >= 15 is 0 Å². The van der Waals surface area contributed by atoms with E-state index in [1.165, 1.54) is 0 Å². The minimum atomic E-state index is -4.55. The predicted octanol–water partition coefficient (Wildman–Crippen LogP) is 4.08. The molecule has 2 aromatic rings. The lowest BCUT2D eigenvalue weighted by molar-refractivity contribution is -0.137. The van der Waals surface area contributed by atoms with Crippen molar-refractivity contribution in [2.75, 3.05) is 6.54 Å². The number of aryl methyl sites for hydroxylation is 1. The van der Waals surface area contributed by atoms with Gasteiger partial charge in [0.2, 0.25) is 0 Å². The molecule has 126 valence electrons. The van der Waals surface area contributed by atoms with Crippen LogP contribution in [-0.2, 0) is 25.8 Å². The third-order valence-corrected chi connectivity index (χ3v) is 3.56. The maximum Gasteiger partial charge on any atom is 0.416 e. The first-order chi connectivity index (χ1) is 10.8. The second-order valence-corrected chi connectivity index (χ2v) is 5.35. The molecular formula is C16H19F4N3. The zero-order valence-corrected chi connectivity index (χ0v) is 13.1. The van der Waals surface area contributed by atoms with Gasteiger partial charge >= 0.3 is 6.18 Å². The summed E-state index contributed by atoms with van der Waals surface area (Å²) in [5.41, 5.74) is 0.325. The topological polar surface area (TPSA) is 21.1 Å². The number of hydrogen-bond donors (Lipinski definition) is 0. The van der Waals surface area contributed by atoms with E-state index in [0.29, 0.717) is 24.7 Å². The van der Waals surface area contributed by atoms with Gasteiger partial charge < -0.3 is 0 Å². The largest absolute Gasteiger partial charge is 0.416 e. The van der Waals surface area contributed by atoms with Crippen LogP contribution in [-0.4, -0.2) is 21.2 Å². The summed E-state index contributed by atoms with van der Waals surface area (Å²) in [7, 11) is 0. The van der Waals surface area contributed by atoms with Gasteiger partial charge in [-0.1, -0.05) is 6.92 Å². The highest BCUT2D eigenvalue weighted by atomic mass is 19.4. The summed E-state index contributed by atoms with van der Waals surface area (Å²) in [6.07, 6.45) is -0.912. The van der Waals surface area contributed by atoms with Crippen LogP contribution in [0.4, 0.5) is 17.6 Å². The molecule has 0 fully saturated rings. The minimum Gasteiger partial charge on any atom is -0.295 e. The first-order valence-electron chi connectivity index (χ1n) is 7.42. The van der Waals surface area contributed by atoms with Crippen LogP contribution in [0, 0.1) is 5.82 Å². The molecule has 7 heteroatoms. The van der Waals surface area contributed by atoms with E-state index < -0.39 is 17.6 Å². The maximum atomic E-state index is 13.5. The van der Waals surface area contributed by atoms with Crippen LogP contribution in [0.5, 0.6) is 0 Å². The van der Waals surface area contributed by atoms with Crippen LogP contribution in [0.2, 0.25) is 0 Å². The second-order valence-electron chi connectivity index (χ2n) is 5.35. The van der Waals surface area contributed by atoms with Crippen molar-refractivity contribution in [3.63, 3.8) is 0 Å². The van der Waals surface area contributed by atoms with E-state index in [2.05, 4.69) is 5.10 Å². The fourth-order valence-electron chi connectivity index (χ4n) is 2.36. The molecule has 0 spiro atoms. The lowest BCUT2D eigenvalue weighted by atomic mass is 10.1. The van der Waals surface area contributed by atoms with E-state index in [4.69, 9.17) is 0 Å². The molecule has 1 heterocycles. The average Bonchev–Trinajstić information content (AvgIpc) is 2.92. The zero-order valence-electron chi connectivity index (χ0n) is 13.1. The van der Waals surface area contributed by atoms with Crippen LogP contribution in [0.15, 0.2) is 30.6 Å². The van der Waals surface area contributed by atoms with E-state index in [1.54, 1.807) is 10.9 Å². The summed E-state index contributed by atoms with van der Waals surface area (Å²) in [4.78, 5) is 1.94. The minimum absolute atomic E-state index is 0.245. The van der Waals surface area contributed by atoms with Crippen molar-refractivity contribution in [3.8, 4) is 0 Å². The molecular weight excluding hydrogens is 310 g/mol. The van der Waals surface area contributed by atoms with E-state index in [-0.39, 0.29) is 6.54 Å². The van der Waals surface area contributed by atoms with Crippen molar-refractivity contribution in [2.45, 2.75) is 39.7 Å². The highest BCUT2D eigenvalue weighted by Gasteiger charge is 2.31. The molecule has 0 amide bonds. The zero-order chi connectivity index (χ0) is 17.0. The summed E-state index contributed by atoms with van der Waals surface area (Å²) in [5.74, 6) is -0.871. The molecule has 0 saturated heterocycles. The van der Waals surface area contributed by atoms with Crippen molar-refractivity contribution >= 4 is 0 Å². The number of alkyl halides is 3. The fourth-order valence-corrected chi connectivity index (χ4v) is 2.36. The number of halogens is 4. The molecule has 0 aliphatic rings. The molecule has 2 rings (SSSR count). The van der Waals surface area contributed by atoms with Gasteiger partial charge in [0.25, 0.3) is 0 Å². The van der Waals surface area contributed by atoms with Crippen LogP contribution in [0.25, 0.3) is 0 Å². The number of hydrogen-bond acceptors (Lipinski definition) is 2. The van der Waals surface area contributed by atoms with Crippen LogP contribution < -0.4 is 0 Å². The Labute approximate surface area is 132 Å². The normalized spacial score (nSPS) is 12.1. The monoisotopic (exact) mass is 329 g/mol. The summed E-state index contributed by atoms with van der Waals surface area (Å²) >= 11 is 0. The van der Waals surface area contributed by atoms with Crippen molar-refractivity contribution < 1.29 is 17.6 Å². The third-order valence-electron chi connectivity index (χ3n) is 3.56. The van der Waals surface area contributed by atoms with Gasteiger partial charge in [-0.3, -0.25) is 9.58 Å². The van der Waals surface area contributed by atoms with Gasteiger partial charge in [-0.05, 0) is 37.2 Å². The number of aromatic nitrogens is 2. The van der Waals surface area contributed by atoms with Gasteiger partial charge in [-0.2, -0.15) is 18.3 Å². The van der Waals surface area contributed by atoms with E-state index in [9.17, 15) is 17.6 Å². The third kappa shape index (κ3) is 4.79. The highest BCUT2D eigenvalue weighted by Crippen LogP contribution is 2.30. The van der Waals surface area contributed by atoms with Crippen LogP contribution in [0.3, 0.4) is 0 Å². The Hall–Kier alpha value is -1.89. The Morgan fingerprint density at radius 3 is 2.35 bits per heavy atom. The average molecular weight is 329 g/mol. The van der Waals surface area contributed by atoms with E-state index in [1.807, 2.05) is 24.9 Å².